The van der Waals surface area contributed by atoms with Crippen molar-refractivity contribution >= 4 is 21.4 Å². The number of anilines is 1. The Labute approximate surface area is 191 Å². The summed E-state index contributed by atoms with van der Waals surface area (Å²) < 4.78 is 50.5. The molecule has 0 atom stereocenters. The molecule has 1 aromatic heterocycles. The third-order valence-electron chi connectivity index (χ3n) is 4.90. The van der Waals surface area contributed by atoms with Crippen LogP contribution in [0.2, 0.25) is 0 Å². The topological polar surface area (TPSA) is 99.9 Å². The van der Waals surface area contributed by atoms with Gasteiger partial charge in [-0.15, -0.1) is 0 Å². The maximum absolute atomic E-state index is 13.3. The maximum atomic E-state index is 13.3. The first-order valence-corrected chi connectivity index (χ1v) is 11.3. The summed E-state index contributed by atoms with van der Waals surface area (Å²) in [6.07, 6.45) is 7.97. The van der Waals surface area contributed by atoms with Gasteiger partial charge in [0.15, 0.2) is 22.0 Å². The molecule has 0 spiro atoms. The van der Waals surface area contributed by atoms with Crippen molar-refractivity contribution in [2.24, 2.45) is 0 Å². The van der Waals surface area contributed by atoms with Gasteiger partial charge in [0.25, 0.3) is 10.0 Å². The molecule has 8 nitrogen and oxygen atoms in total. The predicted octanol–water partition coefficient (Wildman–Crippen LogP) is 4.45. The fraction of sp³-hybridized carbons (Fsp3) is 0.125. The van der Waals surface area contributed by atoms with Crippen LogP contribution in [-0.2, 0) is 14.8 Å². The fourth-order valence-electron chi connectivity index (χ4n) is 3.37. The summed E-state index contributed by atoms with van der Waals surface area (Å²) in [4.78, 5) is -0.149. The van der Waals surface area contributed by atoms with Gasteiger partial charge in [0.1, 0.15) is 23.7 Å². The van der Waals surface area contributed by atoms with Gasteiger partial charge in [-0.3, -0.25) is 4.72 Å². The first-order valence-electron chi connectivity index (χ1n) is 9.82. The molecule has 0 unspecified atom stereocenters. The third kappa shape index (κ3) is 4.45. The summed E-state index contributed by atoms with van der Waals surface area (Å²) in [5, 5.41) is 3.84. The standard InChI is InChI=1S/C24H21N2O6S/c1-29-19-12-8-7-11-18(19)20-15-23(25-32-20)26-33(27,28)24-21(30-2)13-17(14-22(24)31-3)16-9-5-4-6-10-16/h4-7,9-15H,1-3H3,(H,25,26)/q+1. The lowest BCUT2D eigenvalue weighted by atomic mass is 10.1. The van der Waals surface area contributed by atoms with Crippen molar-refractivity contribution in [3.8, 4) is 22.6 Å². The molecule has 4 rings (SSSR count). The second kappa shape index (κ2) is 9.20. The number of rotatable bonds is 8. The molecule has 0 radical (unpaired) electrons. The van der Waals surface area contributed by atoms with Crippen LogP contribution in [0.15, 0.2) is 81.9 Å². The van der Waals surface area contributed by atoms with Gasteiger partial charge in [-0.05, 0) is 23.3 Å². The van der Waals surface area contributed by atoms with Crippen LogP contribution in [0.25, 0.3) is 16.7 Å². The molecule has 1 heterocycles. The monoisotopic (exact) mass is 465 g/mol. The van der Waals surface area contributed by atoms with Crippen molar-refractivity contribution in [1.82, 2.24) is 5.16 Å². The molecule has 0 saturated carbocycles. The summed E-state index contributed by atoms with van der Waals surface area (Å²) in [5.74, 6) is 1.10. The molecule has 168 valence electrons. The van der Waals surface area contributed by atoms with Gasteiger partial charge >= 0.3 is 0 Å². The normalized spacial score (nSPS) is 12.9. The number of methoxy groups -OCH3 is 3. The molecule has 9 heteroatoms. The van der Waals surface area contributed by atoms with E-state index in [1.165, 1.54) is 27.4 Å². The van der Waals surface area contributed by atoms with E-state index in [9.17, 15) is 8.42 Å². The summed E-state index contributed by atoms with van der Waals surface area (Å²) in [6, 6.07) is 14.3. The molecule has 0 bridgehead atoms. The highest BCUT2D eigenvalue weighted by atomic mass is 32.2. The summed E-state index contributed by atoms with van der Waals surface area (Å²) in [7, 11) is 0.172. The lowest BCUT2D eigenvalue weighted by Crippen LogP contribution is -2.15. The van der Waals surface area contributed by atoms with E-state index in [1.807, 2.05) is 30.3 Å². The van der Waals surface area contributed by atoms with Crippen molar-refractivity contribution in [2.75, 3.05) is 26.1 Å². The van der Waals surface area contributed by atoms with E-state index in [2.05, 4.69) is 16.0 Å². The first-order chi connectivity index (χ1) is 16.0. The second-order valence-corrected chi connectivity index (χ2v) is 8.50. The second-order valence-electron chi connectivity index (χ2n) is 6.88. The zero-order chi connectivity index (χ0) is 23.4. The summed E-state index contributed by atoms with van der Waals surface area (Å²) >= 11 is 0. The molecule has 2 aromatic carbocycles. The highest BCUT2D eigenvalue weighted by Gasteiger charge is 2.28. The number of benzene rings is 2. The number of hydrogen-bond donors (Lipinski definition) is 1. The number of ether oxygens (including phenoxy) is 3. The van der Waals surface area contributed by atoms with Crippen molar-refractivity contribution in [1.29, 1.82) is 0 Å². The third-order valence-corrected chi connectivity index (χ3v) is 6.31. The van der Waals surface area contributed by atoms with Crippen molar-refractivity contribution < 1.29 is 27.2 Å². The van der Waals surface area contributed by atoms with Crippen LogP contribution in [0, 0.1) is 6.08 Å². The number of nitrogens with one attached hydrogen (secondary N) is 1. The minimum Gasteiger partial charge on any atom is -0.495 e. The molecular weight excluding hydrogens is 444 g/mol. The molecule has 1 aliphatic carbocycles. The smallest absolute Gasteiger partial charge is 0.270 e. The van der Waals surface area contributed by atoms with E-state index in [0.29, 0.717) is 17.1 Å². The zero-order valence-electron chi connectivity index (χ0n) is 18.2. The van der Waals surface area contributed by atoms with E-state index in [-0.39, 0.29) is 22.2 Å². The van der Waals surface area contributed by atoms with Crippen LogP contribution in [0.4, 0.5) is 5.82 Å². The zero-order valence-corrected chi connectivity index (χ0v) is 19.0. The average molecular weight is 466 g/mol. The Balaban J connectivity index is 1.71. The van der Waals surface area contributed by atoms with E-state index < -0.39 is 10.0 Å². The minimum atomic E-state index is -4.14. The summed E-state index contributed by atoms with van der Waals surface area (Å²) in [5.41, 5.74) is 2.25. The largest absolute Gasteiger partial charge is 0.495 e. The number of aromatic nitrogens is 1. The quantitative estimate of drug-likeness (QED) is 0.491. The van der Waals surface area contributed by atoms with E-state index in [4.69, 9.17) is 18.7 Å². The summed E-state index contributed by atoms with van der Waals surface area (Å²) in [6.45, 7) is 0. The molecule has 0 saturated heterocycles. The molecule has 1 aliphatic rings. The van der Waals surface area contributed by atoms with Gasteiger partial charge in [0.05, 0.1) is 27.4 Å². The SMILES string of the molecule is COC1=C(c2cc(NS(=O)(=O)c3c(OC)cc(-c4ccccc4)cc3OC)no2)C=C[C+]=C1. The maximum Gasteiger partial charge on any atom is 0.270 e. The van der Waals surface area contributed by atoms with Crippen LogP contribution in [0.5, 0.6) is 11.5 Å². The Hall–Kier alpha value is -4.07. The van der Waals surface area contributed by atoms with Gasteiger partial charge in [-0.1, -0.05) is 35.5 Å². The van der Waals surface area contributed by atoms with Crippen molar-refractivity contribution in [2.45, 2.75) is 4.90 Å². The molecule has 33 heavy (non-hydrogen) atoms. The molecule has 0 aliphatic heterocycles. The highest BCUT2D eigenvalue weighted by molar-refractivity contribution is 7.93. The van der Waals surface area contributed by atoms with Gasteiger partial charge in [-0.25, -0.2) is 8.42 Å². The molecule has 0 fully saturated rings. The van der Waals surface area contributed by atoms with Gasteiger partial charge in [-0.2, -0.15) is 0 Å². The van der Waals surface area contributed by atoms with Crippen molar-refractivity contribution in [3.05, 3.63) is 84.4 Å². The Morgan fingerprint density at radius 1 is 0.939 bits per heavy atom. The van der Waals surface area contributed by atoms with E-state index in [1.54, 1.807) is 30.4 Å². The fourth-order valence-corrected chi connectivity index (χ4v) is 4.66. The van der Waals surface area contributed by atoms with Gasteiger partial charge < -0.3 is 18.7 Å². The van der Waals surface area contributed by atoms with Gasteiger partial charge in [0, 0.05) is 12.1 Å². The Kier molecular flexibility index (Phi) is 6.17. The first kappa shape index (κ1) is 22.1. The number of nitrogens with zero attached hydrogens (tertiary/aromatic N) is 1. The lowest BCUT2D eigenvalue weighted by molar-refractivity contribution is 0.306. The van der Waals surface area contributed by atoms with Crippen molar-refractivity contribution in [3.63, 3.8) is 0 Å². The number of sulfonamides is 1. The molecule has 1 N–H and O–H groups in total. The molecular formula is C24H21N2O6S+. The number of allylic oxidation sites excluding steroid dienone is 5. The van der Waals surface area contributed by atoms with E-state index >= 15 is 0 Å². The van der Waals surface area contributed by atoms with Crippen LogP contribution >= 0.6 is 0 Å². The molecule has 3 aromatic rings. The van der Waals surface area contributed by atoms with Crippen LogP contribution in [0.3, 0.4) is 0 Å². The Morgan fingerprint density at radius 3 is 2.27 bits per heavy atom. The van der Waals surface area contributed by atoms with Crippen LogP contribution < -0.4 is 14.2 Å². The number of hydrogen-bond acceptors (Lipinski definition) is 7. The Morgan fingerprint density at radius 2 is 1.64 bits per heavy atom. The highest BCUT2D eigenvalue weighted by Crippen LogP contribution is 2.39. The average Bonchev–Trinajstić information content (AvgIpc) is 3.31. The lowest BCUT2D eigenvalue weighted by Gasteiger charge is -2.16. The Bertz CT molecular complexity index is 1330. The minimum absolute atomic E-state index is 0.00359. The van der Waals surface area contributed by atoms with E-state index in [0.717, 1.165) is 11.1 Å². The van der Waals surface area contributed by atoms with Gasteiger partial charge in [0.2, 0.25) is 5.76 Å². The molecule has 0 amide bonds. The van der Waals surface area contributed by atoms with Crippen LogP contribution in [-0.4, -0.2) is 34.9 Å². The predicted molar refractivity (Wildman–Crippen MR) is 123 cm³/mol. The van der Waals surface area contributed by atoms with Crippen LogP contribution in [0.1, 0.15) is 5.76 Å².